The lowest BCUT2D eigenvalue weighted by atomic mass is 10.1. The summed E-state index contributed by atoms with van der Waals surface area (Å²) >= 11 is 0. The zero-order chi connectivity index (χ0) is 17.8. The van der Waals surface area contributed by atoms with Gasteiger partial charge in [0.1, 0.15) is 12.3 Å². The van der Waals surface area contributed by atoms with Crippen molar-refractivity contribution < 1.29 is 14.4 Å². The van der Waals surface area contributed by atoms with E-state index in [9.17, 15) is 4.79 Å². The van der Waals surface area contributed by atoms with Crippen LogP contribution in [0, 0.1) is 0 Å². The van der Waals surface area contributed by atoms with Gasteiger partial charge in [0.25, 0.3) is 5.91 Å². The van der Waals surface area contributed by atoms with Crippen LogP contribution in [0.4, 0.5) is 0 Å². The first-order valence-corrected chi connectivity index (χ1v) is 9.14. The first-order chi connectivity index (χ1) is 12.8. The van der Waals surface area contributed by atoms with Gasteiger partial charge in [-0.3, -0.25) is 4.79 Å². The molecular formula is C21H24N3O2+. The fourth-order valence-electron chi connectivity index (χ4n) is 3.55. The molecular weight excluding hydrogens is 326 g/mol. The smallest absolute Gasteiger partial charge is 0.260 e. The summed E-state index contributed by atoms with van der Waals surface area (Å²) in [6, 6.07) is 17.9. The van der Waals surface area contributed by atoms with E-state index < -0.39 is 0 Å². The van der Waals surface area contributed by atoms with Crippen LogP contribution in [-0.2, 0) is 11.3 Å². The molecule has 5 heteroatoms. The van der Waals surface area contributed by atoms with Gasteiger partial charge in [-0.25, -0.2) is 0 Å². The van der Waals surface area contributed by atoms with Crippen molar-refractivity contribution in [2.75, 3.05) is 32.8 Å². The number of fused-ring (bicyclic) bond motifs is 1. The number of nitrogens with one attached hydrogen (secondary N) is 2. The summed E-state index contributed by atoms with van der Waals surface area (Å²) in [6.07, 6.45) is 2.11. The summed E-state index contributed by atoms with van der Waals surface area (Å²) in [7, 11) is 0. The van der Waals surface area contributed by atoms with Crippen LogP contribution in [0.25, 0.3) is 10.9 Å². The Bertz CT molecular complexity index is 867. The third kappa shape index (κ3) is 3.73. The Labute approximate surface area is 153 Å². The lowest BCUT2D eigenvalue weighted by Gasteiger charge is -2.32. The number of ether oxygens (including phenoxy) is 1. The lowest BCUT2D eigenvalue weighted by Crippen LogP contribution is -3.13. The molecule has 1 aliphatic heterocycles. The number of rotatable bonds is 5. The number of quaternary nitrogens is 1. The highest BCUT2D eigenvalue weighted by Gasteiger charge is 2.24. The monoisotopic (exact) mass is 350 g/mol. The van der Waals surface area contributed by atoms with Crippen molar-refractivity contribution in [3.63, 3.8) is 0 Å². The number of carbonyl (C=O) groups is 1. The highest BCUT2D eigenvalue weighted by atomic mass is 16.5. The summed E-state index contributed by atoms with van der Waals surface area (Å²) in [4.78, 5) is 19.1. The number of carbonyl (C=O) groups excluding carboxylic acids is 1. The minimum atomic E-state index is 0.0694. The third-order valence-corrected chi connectivity index (χ3v) is 5.04. The maximum absolute atomic E-state index is 12.4. The lowest BCUT2D eigenvalue weighted by molar-refractivity contribution is -0.917. The molecule has 1 fully saturated rings. The van der Waals surface area contributed by atoms with E-state index in [1.54, 1.807) is 0 Å². The standard InChI is InChI=1S/C21H23N3O2/c25-21(16-26-18-6-2-1-3-7-18)24-12-10-23(11-13-24)15-17-14-22-20-9-5-4-8-19(17)20/h1-9,14,22H,10-13,15-16H2/p+1. The Kier molecular flexibility index (Phi) is 4.88. The predicted octanol–water partition coefficient (Wildman–Crippen LogP) is 1.47. The molecule has 0 unspecified atom stereocenters. The van der Waals surface area contributed by atoms with E-state index in [0.717, 1.165) is 38.5 Å². The Hall–Kier alpha value is -2.79. The minimum absolute atomic E-state index is 0.0694. The third-order valence-electron chi connectivity index (χ3n) is 5.04. The van der Waals surface area contributed by atoms with Crippen molar-refractivity contribution in [3.05, 3.63) is 66.4 Å². The number of amides is 1. The number of piperazine rings is 1. The van der Waals surface area contributed by atoms with Gasteiger partial charge in [0.15, 0.2) is 6.61 Å². The molecule has 4 rings (SSSR count). The Morgan fingerprint density at radius 1 is 1.04 bits per heavy atom. The fourth-order valence-corrected chi connectivity index (χ4v) is 3.55. The van der Waals surface area contributed by atoms with E-state index in [1.807, 2.05) is 35.2 Å². The van der Waals surface area contributed by atoms with Crippen LogP contribution in [0.2, 0.25) is 0 Å². The maximum atomic E-state index is 12.4. The van der Waals surface area contributed by atoms with Gasteiger partial charge in [-0.05, 0) is 18.2 Å². The van der Waals surface area contributed by atoms with Crippen LogP contribution in [0.5, 0.6) is 5.75 Å². The number of aromatic amines is 1. The van der Waals surface area contributed by atoms with Crippen LogP contribution in [0.15, 0.2) is 60.8 Å². The number of benzene rings is 2. The first-order valence-electron chi connectivity index (χ1n) is 9.14. The van der Waals surface area contributed by atoms with E-state index in [0.29, 0.717) is 0 Å². The predicted molar refractivity (Wildman–Crippen MR) is 101 cm³/mol. The Balaban J connectivity index is 1.28. The average molecular weight is 350 g/mol. The normalized spacial score (nSPS) is 15.3. The fraction of sp³-hybridized carbons (Fsp3) is 0.286. The van der Waals surface area contributed by atoms with Crippen molar-refractivity contribution in [1.29, 1.82) is 0 Å². The number of nitrogens with zero attached hydrogens (tertiary/aromatic N) is 1. The summed E-state index contributed by atoms with van der Waals surface area (Å²) in [6.45, 7) is 4.62. The van der Waals surface area contributed by atoms with Gasteiger partial charge in [-0.2, -0.15) is 0 Å². The molecule has 1 aromatic heterocycles. The number of aromatic nitrogens is 1. The van der Waals surface area contributed by atoms with Crippen LogP contribution in [0.1, 0.15) is 5.56 Å². The van der Waals surface area contributed by atoms with E-state index >= 15 is 0 Å². The second-order valence-corrected chi connectivity index (χ2v) is 6.77. The molecule has 134 valence electrons. The zero-order valence-electron chi connectivity index (χ0n) is 14.8. The first kappa shape index (κ1) is 16.7. The summed E-state index contributed by atoms with van der Waals surface area (Å²) in [5.41, 5.74) is 2.54. The molecule has 0 aliphatic carbocycles. The molecule has 2 heterocycles. The molecule has 2 aromatic carbocycles. The molecule has 1 saturated heterocycles. The van der Waals surface area contributed by atoms with Crippen molar-refractivity contribution in [3.8, 4) is 5.75 Å². The highest BCUT2D eigenvalue weighted by molar-refractivity contribution is 5.82. The van der Waals surface area contributed by atoms with Gasteiger partial charge >= 0.3 is 0 Å². The molecule has 26 heavy (non-hydrogen) atoms. The molecule has 0 saturated carbocycles. The van der Waals surface area contributed by atoms with E-state index in [-0.39, 0.29) is 12.5 Å². The van der Waals surface area contributed by atoms with Gasteiger partial charge in [0.2, 0.25) is 0 Å². The topological polar surface area (TPSA) is 49.8 Å². The van der Waals surface area contributed by atoms with E-state index in [4.69, 9.17) is 4.74 Å². The van der Waals surface area contributed by atoms with E-state index in [2.05, 4.69) is 35.4 Å². The molecule has 0 atom stereocenters. The summed E-state index contributed by atoms with van der Waals surface area (Å²) < 4.78 is 5.58. The second kappa shape index (κ2) is 7.62. The van der Waals surface area contributed by atoms with Crippen molar-refractivity contribution in [2.24, 2.45) is 0 Å². The number of H-pyrrole nitrogens is 1. The second-order valence-electron chi connectivity index (χ2n) is 6.77. The van der Waals surface area contributed by atoms with Gasteiger partial charge < -0.3 is 19.5 Å². The van der Waals surface area contributed by atoms with Gasteiger partial charge in [0.05, 0.1) is 26.2 Å². The Morgan fingerprint density at radius 2 is 1.77 bits per heavy atom. The van der Waals surface area contributed by atoms with E-state index in [1.165, 1.54) is 21.4 Å². The molecule has 2 N–H and O–H groups in total. The van der Waals surface area contributed by atoms with Crippen LogP contribution in [-0.4, -0.2) is 48.6 Å². The molecule has 0 bridgehead atoms. The summed E-state index contributed by atoms with van der Waals surface area (Å²) in [5.74, 6) is 0.810. The van der Waals surface area contributed by atoms with Gasteiger partial charge in [-0.15, -0.1) is 0 Å². The molecule has 3 aromatic rings. The van der Waals surface area contributed by atoms with Crippen LogP contribution >= 0.6 is 0 Å². The quantitative estimate of drug-likeness (QED) is 0.732. The largest absolute Gasteiger partial charge is 0.484 e. The van der Waals surface area contributed by atoms with Crippen LogP contribution in [0.3, 0.4) is 0 Å². The number of para-hydroxylation sites is 2. The average Bonchev–Trinajstić information content (AvgIpc) is 3.10. The van der Waals surface area contributed by atoms with Gasteiger partial charge in [0, 0.05) is 22.7 Å². The van der Waals surface area contributed by atoms with Crippen molar-refractivity contribution >= 4 is 16.8 Å². The summed E-state index contributed by atoms with van der Waals surface area (Å²) in [5, 5.41) is 1.30. The molecule has 5 nitrogen and oxygen atoms in total. The minimum Gasteiger partial charge on any atom is -0.484 e. The zero-order valence-corrected chi connectivity index (χ0v) is 14.8. The van der Waals surface area contributed by atoms with Crippen molar-refractivity contribution in [2.45, 2.75) is 6.54 Å². The van der Waals surface area contributed by atoms with Gasteiger partial charge in [-0.1, -0.05) is 36.4 Å². The molecule has 0 spiro atoms. The molecule has 0 radical (unpaired) electrons. The number of hydrogen-bond donors (Lipinski definition) is 2. The molecule has 1 aliphatic rings. The Morgan fingerprint density at radius 3 is 2.58 bits per heavy atom. The highest BCUT2D eigenvalue weighted by Crippen LogP contribution is 2.16. The van der Waals surface area contributed by atoms with Crippen molar-refractivity contribution in [1.82, 2.24) is 9.88 Å². The van der Waals surface area contributed by atoms with Crippen LogP contribution < -0.4 is 9.64 Å². The maximum Gasteiger partial charge on any atom is 0.260 e. The number of hydrogen-bond acceptors (Lipinski definition) is 2. The molecule has 1 amide bonds. The SMILES string of the molecule is O=C(COc1ccccc1)N1CC[NH+](Cc2c[nH]c3ccccc23)CC1.